The Bertz CT molecular complexity index is 872. The minimum absolute atomic E-state index is 0. The molecule has 0 atom stereocenters. The van der Waals surface area contributed by atoms with Crippen molar-refractivity contribution >= 4 is 44.3 Å². The van der Waals surface area contributed by atoms with E-state index in [1.165, 1.54) is 0 Å². The summed E-state index contributed by atoms with van der Waals surface area (Å²) in [7, 11) is 0. The van der Waals surface area contributed by atoms with Crippen molar-refractivity contribution in [2.24, 2.45) is 10.3 Å². The van der Waals surface area contributed by atoms with E-state index >= 15 is 0 Å². The molecule has 0 saturated carbocycles. The maximum absolute atomic E-state index is 11.6. The van der Waals surface area contributed by atoms with Gasteiger partial charge in [0.15, 0.2) is 0 Å². The van der Waals surface area contributed by atoms with Crippen molar-refractivity contribution in [3.8, 4) is 11.5 Å². The van der Waals surface area contributed by atoms with E-state index in [0.717, 1.165) is 23.6 Å². The zero-order chi connectivity index (χ0) is 23.3. The Morgan fingerprint density at radius 3 is 1.23 bits per heavy atom. The maximum atomic E-state index is 11.6. The fraction of sp³-hybridized carbons (Fsp3) is 0.364. The largest absolute Gasteiger partial charge is 2.00 e. The van der Waals surface area contributed by atoms with E-state index in [2.05, 4.69) is 83.7 Å². The Morgan fingerprint density at radius 1 is 0.710 bits per heavy atom. The molecule has 0 bridgehead atoms. The summed E-state index contributed by atoms with van der Waals surface area (Å²) >= 11 is 6.41. The number of halogens is 2. The minimum Gasteiger partial charge on any atom is -0.871 e. The Hall–Kier alpha value is -1.54. The molecule has 0 unspecified atom stereocenters. The van der Waals surface area contributed by atoms with E-state index in [0.29, 0.717) is 20.1 Å². The molecule has 0 spiro atoms. The molecular formula is C22H26Br2CuN2O4. The third-order valence-corrected chi connectivity index (χ3v) is 5.45. The summed E-state index contributed by atoms with van der Waals surface area (Å²) in [6.07, 6.45) is 2.31. The van der Waals surface area contributed by atoms with Crippen LogP contribution in [0.15, 0.2) is 43.5 Å². The van der Waals surface area contributed by atoms with Gasteiger partial charge in [0.2, 0.25) is 0 Å². The van der Waals surface area contributed by atoms with E-state index in [4.69, 9.17) is 10.4 Å². The second kappa shape index (κ2) is 11.9. The van der Waals surface area contributed by atoms with Gasteiger partial charge in [-0.15, -0.1) is 0 Å². The number of rotatable bonds is 2. The summed E-state index contributed by atoms with van der Waals surface area (Å²) in [5, 5.41) is 45.8. The van der Waals surface area contributed by atoms with Gasteiger partial charge in [0.05, 0.1) is 12.4 Å². The third kappa shape index (κ3) is 8.48. The average molecular weight is 606 g/mol. The summed E-state index contributed by atoms with van der Waals surface area (Å²) in [6, 6.07) is 7.09. The van der Waals surface area contributed by atoms with Crippen LogP contribution in [0.2, 0.25) is 0 Å². The molecule has 6 nitrogen and oxygen atoms in total. The molecule has 2 aromatic rings. The molecule has 9 heteroatoms. The van der Waals surface area contributed by atoms with Crippen molar-refractivity contribution in [3.05, 3.63) is 55.5 Å². The second-order valence-electron chi connectivity index (χ2n) is 8.74. The van der Waals surface area contributed by atoms with Gasteiger partial charge >= 0.3 is 17.1 Å². The van der Waals surface area contributed by atoms with Crippen LogP contribution in [0, 0.1) is 0 Å². The van der Waals surface area contributed by atoms with E-state index in [1.807, 2.05) is 0 Å². The van der Waals surface area contributed by atoms with Crippen molar-refractivity contribution in [1.29, 1.82) is 0 Å². The molecule has 31 heavy (non-hydrogen) atoms. The smallest absolute Gasteiger partial charge is 0.871 e. The van der Waals surface area contributed by atoms with Crippen LogP contribution in [0.4, 0.5) is 0 Å². The number of hydrogen-bond donors (Lipinski definition) is 2. The molecule has 0 amide bonds. The maximum Gasteiger partial charge on any atom is 2.00 e. The summed E-state index contributed by atoms with van der Waals surface area (Å²) < 4.78 is 0.981. The van der Waals surface area contributed by atoms with Crippen LogP contribution < -0.4 is 10.2 Å². The second-order valence-corrected chi connectivity index (χ2v) is 10.5. The van der Waals surface area contributed by atoms with Gasteiger partial charge in [-0.25, -0.2) is 0 Å². The van der Waals surface area contributed by atoms with Crippen molar-refractivity contribution in [3.63, 3.8) is 0 Å². The molecule has 0 aliphatic heterocycles. The van der Waals surface area contributed by atoms with Gasteiger partial charge in [-0.2, -0.15) is 0 Å². The van der Waals surface area contributed by atoms with E-state index in [-0.39, 0.29) is 39.4 Å². The molecule has 0 aromatic heterocycles. The molecular weight excluding hydrogens is 580 g/mol. The molecule has 2 aromatic carbocycles. The Labute approximate surface area is 210 Å². The van der Waals surface area contributed by atoms with E-state index in [1.54, 1.807) is 24.3 Å². The Kier molecular flexibility index (Phi) is 11.3. The van der Waals surface area contributed by atoms with Crippen molar-refractivity contribution < 1.29 is 37.7 Å². The van der Waals surface area contributed by atoms with Gasteiger partial charge in [0.1, 0.15) is 0 Å². The van der Waals surface area contributed by atoms with Crippen LogP contribution in [0.3, 0.4) is 0 Å². The first kappa shape index (κ1) is 29.5. The molecule has 0 heterocycles. The van der Waals surface area contributed by atoms with Gasteiger partial charge in [0, 0.05) is 8.95 Å². The Morgan fingerprint density at radius 2 is 1.00 bits per heavy atom. The first-order valence-corrected chi connectivity index (χ1v) is 10.7. The predicted octanol–water partition coefficient (Wildman–Crippen LogP) is 5.25. The van der Waals surface area contributed by atoms with Crippen LogP contribution in [0.25, 0.3) is 0 Å². The fourth-order valence-electron chi connectivity index (χ4n) is 2.41. The van der Waals surface area contributed by atoms with Crippen molar-refractivity contribution in [2.75, 3.05) is 0 Å². The summed E-state index contributed by atoms with van der Waals surface area (Å²) in [6.45, 7) is 12.3. The normalized spacial score (nSPS) is 11.9. The van der Waals surface area contributed by atoms with E-state index < -0.39 is 0 Å². The standard InChI is InChI=1S/2C11H14BrNO2.Cu/c2*1-11(2,3)8-4-7(6-13-15)10(14)9(12)5-8;/h2*4-6,14-15H,1-3H3;/q;;+2/p-2/b2*13-6+;. The average Bonchev–Trinajstić information content (AvgIpc) is 2.61. The van der Waals surface area contributed by atoms with Crippen molar-refractivity contribution in [1.82, 2.24) is 0 Å². The van der Waals surface area contributed by atoms with Crippen molar-refractivity contribution in [2.45, 2.75) is 52.4 Å². The zero-order valence-electron chi connectivity index (χ0n) is 18.1. The quantitative estimate of drug-likeness (QED) is 0.211. The van der Waals surface area contributed by atoms with Gasteiger partial charge in [-0.1, -0.05) is 107 Å². The van der Waals surface area contributed by atoms with Gasteiger partial charge in [-0.05, 0) is 45.2 Å². The number of oxime groups is 2. The molecule has 0 aliphatic carbocycles. The molecule has 0 saturated heterocycles. The molecule has 0 aliphatic rings. The topological polar surface area (TPSA) is 111 Å². The van der Waals surface area contributed by atoms with Gasteiger partial charge in [0.25, 0.3) is 0 Å². The SMILES string of the molecule is CC(C)(C)c1cc(Br)c([O-])c(/C=N/O)c1.CC(C)(C)c1cc(Br)c([O-])c(/C=N/O)c1.[Cu+2]. The molecule has 2 N–H and O–H groups in total. The van der Waals surface area contributed by atoms with Crippen LogP contribution in [-0.4, -0.2) is 22.8 Å². The molecule has 2 rings (SSSR count). The van der Waals surface area contributed by atoms with Crippen LogP contribution in [0.1, 0.15) is 63.8 Å². The summed E-state index contributed by atoms with van der Waals surface area (Å²) in [5.41, 5.74) is 2.71. The predicted molar refractivity (Wildman–Crippen MR) is 123 cm³/mol. The third-order valence-electron chi connectivity index (χ3n) is 4.27. The monoisotopic (exact) mass is 603 g/mol. The van der Waals surface area contributed by atoms with Crippen LogP contribution >= 0.6 is 31.9 Å². The van der Waals surface area contributed by atoms with Gasteiger partial charge in [-0.3, -0.25) is 0 Å². The molecule has 173 valence electrons. The fourth-order valence-corrected chi connectivity index (χ4v) is 3.36. The summed E-state index contributed by atoms with van der Waals surface area (Å²) in [4.78, 5) is 0. The minimum atomic E-state index is -0.166. The first-order chi connectivity index (χ1) is 13.7. The number of benzene rings is 2. The Balaban J connectivity index is 0.000000562. The number of hydrogen-bond acceptors (Lipinski definition) is 6. The zero-order valence-corrected chi connectivity index (χ0v) is 22.2. The molecule has 1 radical (unpaired) electrons. The van der Waals surface area contributed by atoms with E-state index in [9.17, 15) is 10.2 Å². The summed E-state index contributed by atoms with van der Waals surface area (Å²) in [5.74, 6) is -0.332. The number of nitrogens with zero attached hydrogens (tertiary/aromatic N) is 2. The molecule has 0 fully saturated rings. The first-order valence-electron chi connectivity index (χ1n) is 9.09. The van der Waals surface area contributed by atoms with Crippen LogP contribution in [0.5, 0.6) is 11.5 Å². The van der Waals surface area contributed by atoms with Gasteiger partial charge < -0.3 is 20.6 Å². The van der Waals surface area contributed by atoms with Crippen LogP contribution in [-0.2, 0) is 27.9 Å².